The summed E-state index contributed by atoms with van der Waals surface area (Å²) in [4.78, 5) is 28.4. The molecule has 0 fully saturated rings. The Morgan fingerprint density at radius 1 is 1.25 bits per heavy atom. The summed E-state index contributed by atoms with van der Waals surface area (Å²) >= 11 is 5.89. The van der Waals surface area contributed by atoms with Crippen LogP contribution in [-0.4, -0.2) is 43.6 Å². The van der Waals surface area contributed by atoms with Gasteiger partial charge in [-0.3, -0.25) is 0 Å². The number of aryl methyl sites for hydroxylation is 1. The van der Waals surface area contributed by atoms with E-state index in [1.165, 1.54) is 12.1 Å². The number of hydrogen-bond donors (Lipinski definition) is 1. The summed E-state index contributed by atoms with van der Waals surface area (Å²) in [5, 5.41) is 3.07. The van der Waals surface area contributed by atoms with Gasteiger partial charge in [0.25, 0.3) is 0 Å². The van der Waals surface area contributed by atoms with Crippen LogP contribution in [0.3, 0.4) is 0 Å². The van der Waals surface area contributed by atoms with Crippen molar-refractivity contribution in [3.05, 3.63) is 58.7 Å². The van der Waals surface area contributed by atoms with Gasteiger partial charge in [-0.15, -0.1) is 0 Å². The third kappa shape index (κ3) is 5.80. The van der Waals surface area contributed by atoms with Gasteiger partial charge in [0, 0.05) is 32.0 Å². The van der Waals surface area contributed by atoms with E-state index in [-0.39, 0.29) is 30.0 Å². The number of esters is 1. The summed E-state index contributed by atoms with van der Waals surface area (Å²) in [5.41, 5.74) is 0.940. The largest absolute Gasteiger partial charge is 0.460 e. The molecular weight excluding hydrogens is 449 g/mol. The molecule has 1 N–H and O–H groups in total. The summed E-state index contributed by atoms with van der Waals surface area (Å²) in [6.45, 7) is 4.42. The van der Waals surface area contributed by atoms with E-state index in [9.17, 15) is 18.0 Å². The Balaban J connectivity index is 1.73. The highest BCUT2D eigenvalue weighted by atomic mass is 35.5. The molecule has 0 atom stereocenters. The Morgan fingerprint density at radius 2 is 2.03 bits per heavy atom. The number of nitrogens with zero attached hydrogens (tertiary/aromatic N) is 5. The van der Waals surface area contributed by atoms with Crippen LogP contribution in [0.2, 0.25) is 5.28 Å². The van der Waals surface area contributed by atoms with Crippen molar-refractivity contribution in [1.82, 2.24) is 29.8 Å². The van der Waals surface area contributed by atoms with Crippen molar-refractivity contribution in [1.29, 1.82) is 0 Å². The topological polar surface area (TPSA) is 94.8 Å². The van der Waals surface area contributed by atoms with E-state index in [1.54, 1.807) is 30.8 Å². The summed E-state index contributed by atoms with van der Waals surface area (Å²) in [5.74, 6) is -0.522. The van der Waals surface area contributed by atoms with E-state index in [1.807, 2.05) is 0 Å². The molecule has 0 amide bonds. The zero-order valence-corrected chi connectivity index (χ0v) is 18.0. The molecule has 0 saturated carbocycles. The molecule has 12 heteroatoms. The first-order chi connectivity index (χ1) is 15.2. The van der Waals surface area contributed by atoms with Gasteiger partial charge in [-0.25, -0.2) is 24.7 Å². The van der Waals surface area contributed by atoms with Crippen molar-refractivity contribution < 1.29 is 22.7 Å². The van der Waals surface area contributed by atoms with Gasteiger partial charge in [-0.1, -0.05) is 6.07 Å². The van der Waals surface area contributed by atoms with Crippen molar-refractivity contribution in [3.63, 3.8) is 0 Å². The molecule has 0 unspecified atom stereocenters. The molecular formula is C20H20ClF3N6O2. The summed E-state index contributed by atoms with van der Waals surface area (Å²) in [7, 11) is 0. The fourth-order valence-corrected chi connectivity index (χ4v) is 3.02. The molecule has 0 aromatic carbocycles. The minimum absolute atomic E-state index is 0.0492. The van der Waals surface area contributed by atoms with Crippen LogP contribution in [0.15, 0.2) is 30.6 Å². The van der Waals surface area contributed by atoms with Crippen LogP contribution >= 0.6 is 11.6 Å². The lowest BCUT2D eigenvalue weighted by molar-refractivity contribution is -0.141. The molecule has 170 valence electrons. The van der Waals surface area contributed by atoms with Gasteiger partial charge in [-0.2, -0.15) is 13.2 Å². The van der Waals surface area contributed by atoms with Crippen molar-refractivity contribution in [3.8, 4) is 11.4 Å². The Hall–Kier alpha value is -3.05. The van der Waals surface area contributed by atoms with Gasteiger partial charge in [0.2, 0.25) is 11.1 Å². The van der Waals surface area contributed by atoms with Gasteiger partial charge in [0.15, 0.2) is 0 Å². The SMILES string of the molecule is CCOC(=O)c1nc(-c2nc(Cl)ncc2C)cn1CCNCc1cccc(C(F)(F)F)n1. The molecule has 0 aliphatic rings. The number of rotatable bonds is 8. The number of hydrogen-bond acceptors (Lipinski definition) is 7. The first kappa shape index (κ1) is 23.6. The summed E-state index contributed by atoms with van der Waals surface area (Å²) < 4.78 is 45.1. The van der Waals surface area contributed by atoms with Gasteiger partial charge in [0.1, 0.15) is 11.4 Å². The first-order valence-corrected chi connectivity index (χ1v) is 10.0. The predicted molar refractivity (Wildman–Crippen MR) is 110 cm³/mol. The maximum Gasteiger partial charge on any atom is 0.433 e. The van der Waals surface area contributed by atoms with Crippen molar-refractivity contribution >= 4 is 17.6 Å². The number of ether oxygens (including phenoxy) is 1. The number of imidazole rings is 1. The van der Waals surface area contributed by atoms with Crippen LogP contribution in [0.1, 0.15) is 34.5 Å². The number of alkyl halides is 3. The Bertz CT molecular complexity index is 1100. The third-order valence-electron chi connectivity index (χ3n) is 4.35. The predicted octanol–water partition coefficient (Wildman–Crippen LogP) is 3.68. The lowest BCUT2D eigenvalue weighted by Crippen LogP contribution is -2.23. The second-order valence-corrected chi connectivity index (χ2v) is 7.06. The van der Waals surface area contributed by atoms with Gasteiger partial charge < -0.3 is 14.6 Å². The molecule has 0 saturated heterocycles. The van der Waals surface area contributed by atoms with Crippen LogP contribution in [0.5, 0.6) is 0 Å². The van der Waals surface area contributed by atoms with E-state index in [0.717, 1.165) is 11.6 Å². The van der Waals surface area contributed by atoms with Gasteiger partial charge >= 0.3 is 12.1 Å². The summed E-state index contributed by atoms with van der Waals surface area (Å²) in [6, 6.07) is 3.73. The molecule has 32 heavy (non-hydrogen) atoms. The molecule has 3 aromatic heterocycles. The van der Waals surface area contributed by atoms with E-state index < -0.39 is 17.8 Å². The van der Waals surface area contributed by atoms with Crippen LogP contribution in [-0.2, 0) is 24.0 Å². The fourth-order valence-electron chi connectivity index (χ4n) is 2.89. The second-order valence-electron chi connectivity index (χ2n) is 6.72. The molecule has 0 aliphatic heterocycles. The second kappa shape index (κ2) is 10.0. The van der Waals surface area contributed by atoms with Gasteiger partial charge in [-0.05, 0) is 43.1 Å². The number of carbonyl (C=O) groups is 1. The standard InChI is InChI=1S/C20H20ClF3N6O2/c1-3-32-18(31)17-28-14(16-12(2)9-26-19(21)29-16)11-30(17)8-7-25-10-13-5-4-6-15(27-13)20(22,23)24/h4-6,9,11,25H,3,7-8,10H2,1-2H3. The van der Waals surface area contributed by atoms with E-state index in [4.69, 9.17) is 16.3 Å². The lowest BCUT2D eigenvalue weighted by atomic mass is 10.2. The molecule has 3 rings (SSSR count). The molecule has 3 heterocycles. The molecule has 8 nitrogen and oxygen atoms in total. The minimum atomic E-state index is -4.50. The molecule has 3 aromatic rings. The average molecular weight is 469 g/mol. The molecule has 0 spiro atoms. The number of carbonyl (C=O) groups excluding carboxylic acids is 1. The minimum Gasteiger partial charge on any atom is -0.460 e. The lowest BCUT2D eigenvalue weighted by Gasteiger charge is -2.10. The van der Waals surface area contributed by atoms with Crippen molar-refractivity contribution in [2.45, 2.75) is 33.1 Å². The van der Waals surface area contributed by atoms with Crippen LogP contribution in [0, 0.1) is 6.92 Å². The Kier molecular flexibility index (Phi) is 7.41. The summed E-state index contributed by atoms with van der Waals surface area (Å²) in [6.07, 6.45) is -1.31. The van der Waals surface area contributed by atoms with Crippen LogP contribution in [0.25, 0.3) is 11.4 Å². The highest BCUT2D eigenvalue weighted by molar-refractivity contribution is 6.28. The van der Waals surface area contributed by atoms with Crippen molar-refractivity contribution in [2.24, 2.45) is 0 Å². The quantitative estimate of drug-likeness (QED) is 0.306. The van der Waals surface area contributed by atoms with E-state index >= 15 is 0 Å². The highest BCUT2D eigenvalue weighted by Crippen LogP contribution is 2.27. The maximum atomic E-state index is 12.8. The Labute approximate surface area is 186 Å². The first-order valence-electron chi connectivity index (χ1n) is 9.66. The molecule has 0 bridgehead atoms. The fraction of sp³-hybridized carbons (Fsp3) is 0.350. The number of nitrogens with one attached hydrogen (secondary N) is 1. The smallest absolute Gasteiger partial charge is 0.433 e. The highest BCUT2D eigenvalue weighted by Gasteiger charge is 2.32. The normalized spacial score (nSPS) is 11.6. The third-order valence-corrected chi connectivity index (χ3v) is 4.53. The van der Waals surface area contributed by atoms with E-state index in [2.05, 4.69) is 25.3 Å². The number of aromatic nitrogens is 5. The number of pyridine rings is 1. The van der Waals surface area contributed by atoms with Crippen LogP contribution in [0.4, 0.5) is 13.2 Å². The zero-order chi connectivity index (χ0) is 23.3. The molecule has 0 radical (unpaired) electrons. The molecule has 0 aliphatic carbocycles. The van der Waals surface area contributed by atoms with Crippen molar-refractivity contribution in [2.75, 3.05) is 13.2 Å². The van der Waals surface area contributed by atoms with Gasteiger partial charge in [0.05, 0.1) is 18.0 Å². The Morgan fingerprint density at radius 3 is 2.75 bits per heavy atom. The van der Waals surface area contributed by atoms with E-state index in [0.29, 0.717) is 24.5 Å². The van der Waals surface area contributed by atoms with Crippen LogP contribution < -0.4 is 5.32 Å². The number of halogens is 4. The average Bonchev–Trinajstić information content (AvgIpc) is 3.17. The maximum absolute atomic E-state index is 12.8. The monoisotopic (exact) mass is 468 g/mol. The zero-order valence-electron chi connectivity index (χ0n) is 17.3.